The average molecular weight is 602 g/mol. The Kier molecular flexibility index (Phi) is 10.2. The lowest BCUT2D eigenvalue weighted by Gasteiger charge is -2.37. The zero-order chi connectivity index (χ0) is 30.9. The Morgan fingerprint density at radius 1 is 1.02 bits per heavy atom. The van der Waals surface area contributed by atoms with Crippen LogP contribution < -0.4 is 15.4 Å². The predicted molar refractivity (Wildman–Crippen MR) is 165 cm³/mol. The minimum Gasteiger partial charge on any atom is -0.493 e. The van der Waals surface area contributed by atoms with Crippen LogP contribution in [0.25, 0.3) is 10.9 Å². The second kappa shape index (κ2) is 14.4. The highest BCUT2D eigenvalue weighted by atomic mass is 16.5. The van der Waals surface area contributed by atoms with E-state index < -0.39 is 29.5 Å². The van der Waals surface area contributed by atoms with Crippen LogP contribution in [0.15, 0.2) is 55.0 Å². The number of pyridine rings is 2. The first kappa shape index (κ1) is 31.1. The zero-order valence-electron chi connectivity index (χ0n) is 25.3. The van der Waals surface area contributed by atoms with Crippen molar-refractivity contribution in [2.45, 2.75) is 51.1 Å². The summed E-state index contributed by atoms with van der Waals surface area (Å²) in [6.45, 7) is 4.33. The summed E-state index contributed by atoms with van der Waals surface area (Å²) in [6, 6.07) is 9.80. The van der Waals surface area contributed by atoms with E-state index >= 15 is 0 Å². The molecule has 2 aromatic heterocycles. The lowest BCUT2D eigenvalue weighted by molar-refractivity contribution is -0.914. The molecule has 2 fully saturated rings. The normalized spacial score (nSPS) is 17.7. The van der Waals surface area contributed by atoms with Gasteiger partial charge in [0.1, 0.15) is 11.8 Å². The number of carbonyl (C=O) groups excluding carboxylic acids is 4. The second-order valence-electron chi connectivity index (χ2n) is 11.9. The van der Waals surface area contributed by atoms with E-state index in [0.717, 1.165) is 23.0 Å². The Labute approximate surface area is 257 Å². The Balaban J connectivity index is 1.14. The molecule has 44 heavy (non-hydrogen) atoms. The quantitative estimate of drug-likeness (QED) is 0.185. The molecule has 2 aliphatic rings. The molecule has 5 rings (SSSR count). The van der Waals surface area contributed by atoms with Gasteiger partial charge in [-0.3, -0.25) is 29.1 Å². The van der Waals surface area contributed by atoms with Gasteiger partial charge >= 0.3 is 0 Å². The molecule has 0 unspecified atom stereocenters. The summed E-state index contributed by atoms with van der Waals surface area (Å²) in [6.07, 6.45) is 10.6. The maximum atomic E-state index is 13.2. The number of fused-ring (bicyclic) bond motifs is 1. The van der Waals surface area contributed by atoms with Gasteiger partial charge < -0.3 is 24.8 Å². The van der Waals surface area contributed by atoms with Crippen LogP contribution in [0.2, 0.25) is 0 Å². The van der Waals surface area contributed by atoms with E-state index in [4.69, 9.17) is 4.74 Å². The van der Waals surface area contributed by atoms with Crippen LogP contribution in [-0.2, 0) is 20.9 Å². The minimum atomic E-state index is -0.853. The van der Waals surface area contributed by atoms with Gasteiger partial charge in [-0.15, -0.1) is 0 Å². The summed E-state index contributed by atoms with van der Waals surface area (Å²) >= 11 is 0. The van der Waals surface area contributed by atoms with Gasteiger partial charge in [0.25, 0.3) is 11.8 Å². The molecule has 0 spiro atoms. The number of hydrogen-bond acceptors (Lipinski definition) is 7. The number of amides is 3. The first-order valence-corrected chi connectivity index (χ1v) is 15.5. The maximum absolute atomic E-state index is 13.2. The molecular formula is C33H41N6O5+. The van der Waals surface area contributed by atoms with Crippen LogP contribution in [0.5, 0.6) is 5.75 Å². The molecule has 0 radical (unpaired) electrons. The topological polar surface area (TPSA) is 131 Å². The molecule has 11 nitrogen and oxygen atoms in total. The SMILES string of the molecule is C[N+]1(CCCOc2ccc3nccc(C(=O)NCC(=O)N4CCC[C@H]4C(=O)C(=O)NCc4cccnc4)c3c2)CCCCC1. The van der Waals surface area contributed by atoms with Gasteiger partial charge in [-0.05, 0) is 68.0 Å². The Bertz CT molecular complexity index is 1490. The third-order valence-corrected chi connectivity index (χ3v) is 8.64. The van der Waals surface area contributed by atoms with Crippen molar-refractivity contribution in [3.8, 4) is 5.75 Å². The van der Waals surface area contributed by atoms with Gasteiger partial charge in [-0.2, -0.15) is 0 Å². The van der Waals surface area contributed by atoms with Crippen molar-refractivity contribution < 1.29 is 28.4 Å². The lowest BCUT2D eigenvalue weighted by atomic mass is 10.1. The number of nitrogens with one attached hydrogen (secondary N) is 2. The van der Waals surface area contributed by atoms with Crippen LogP contribution in [-0.4, -0.2) is 95.3 Å². The monoisotopic (exact) mass is 601 g/mol. The standard InChI is InChI=1S/C33H40N6O5/c1-39(16-3-2-4-17-39)18-7-19-44-25-10-11-28-27(20-25)26(12-14-35-28)32(42)37-23-30(40)38-15-6-9-29(38)31(41)33(43)36-22-24-8-5-13-34-21-24/h5,8,10-14,20-21,29H,2-4,6-7,9,15-19,22-23H2,1H3,(H-,36,37,42,43)/p+1/t29-/m0/s1. The fraction of sp³-hybridized carbons (Fsp3) is 0.455. The van der Waals surface area contributed by atoms with Crippen LogP contribution in [0, 0.1) is 0 Å². The number of Topliss-reactive ketones (excluding diaryl/α,β-unsaturated/α-hetero) is 1. The van der Waals surface area contributed by atoms with Crippen molar-refractivity contribution in [2.75, 3.05) is 46.4 Å². The molecule has 0 saturated carbocycles. The summed E-state index contributed by atoms with van der Waals surface area (Å²) < 4.78 is 7.15. The van der Waals surface area contributed by atoms with Crippen molar-refractivity contribution in [1.82, 2.24) is 25.5 Å². The van der Waals surface area contributed by atoms with Crippen molar-refractivity contribution in [2.24, 2.45) is 0 Å². The number of nitrogens with zero attached hydrogens (tertiary/aromatic N) is 4. The number of rotatable bonds is 12. The number of benzene rings is 1. The van der Waals surface area contributed by atoms with Gasteiger partial charge in [-0.25, -0.2) is 0 Å². The van der Waals surface area contributed by atoms with E-state index in [2.05, 4.69) is 27.6 Å². The number of quaternary nitrogens is 1. The third kappa shape index (κ3) is 7.76. The molecule has 3 amide bonds. The lowest BCUT2D eigenvalue weighted by Crippen LogP contribution is -2.49. The molecule has 11 heteroatoms. The van der Waals surface area contributed by atoms with Crippen LogP contribution >= 0.6 is 0 Å². The highest BCUT2D eigenvalue weighted by molar-refractivity contribution is 6.38. The summed E-state index contributed by atoms with van der Waals surface area (Å²) in [7, 11) is 2.32. The van der Waals surface area contributed by atoms with Gasteiger partial charge in [0.2, 0.25) is 11.7 Å². The zero-order valence-corrected chi connectivity index (χ0v) is 25.3. The van der Waals surface area contributed by atoms with Gasteiger partial charge in [-0.1, -0.05) is 6.07 Å². The highest BCUT2D eigenvalue weighted by Crippen LogP contribution is 2.24. The van der Waals surface area contributed by atoms with E-state index in [0.29, 0.717) is 48.2 Å². The van der Waals surface area contributed by atoms with Crippen LogP contribution in [0.4, 0.5) is 0 Å². The minimum absolute atomic E-state index is 0.167. The third-order valence-electron chi connectivity index (χ3n) is 8.64. The van der Waals surface area contributed by atoms with Crippen LogP contribution in [0.1, 0.15) is 54.4 Å². The van der Waals surface area contributed by atoms with Crippen LogP contribution in [0.3, 0.4) is 0 Å². The highest BCUT2D eigenvalue weighted by Gasteiger charge is 2.37. The summed E-state index contributed by atoms with van der Waals surface area (Å²) in [4.78, 5) is 61.5. The van der Waals surface area contributed by atoms with Gasteiger partial charge in [0.05, 0.1) is 50.9 Å². The predicted octanol–water partition coefficient (Wildman–Crippen LogP) is 2.64. The molecule has 0 bridgehead atoms. The molecule has 1 atom stereocenters. The molecule has 2 saturated heterocycles. The van der Waals surface area contributed by atoms with E-state index in [1.165, 1.54) is 37.3 Å². The fourth-order valence-corrected chi connectivity index (χ4v) is 6.16. The average Bonchev–Trinajstić information content (AvgIpc) is 3.55. The number of piperidine rings is 1. The number of carbonyl (C=O) groups is 4. The molecule has 232 valence electrons. The first-order chi connectivity index (χ1) is 21.3. The fourth-order valence-electron chi connectivity index (χ4n) is 6.16. The largest absolute Gasteiger partial charge is 0.493 e. The number of hydrogen-bond donors (Lipinski definition) is 2. The first-order valence-electron chi connectivity index (χ1n) is 15.5. The van der Waals surface area contributed by atoms with Gasteiger partial charge in [0, 0.05) is 43.5 Å². The molecule has 2 N–H and O–H groups in total. The van der Waals surface area contributed by atoms with Crippen molar-refractivity contribution in [3.63, 3.8) is 0 Å². The summed E-state index contributed by atoms with van der Waals surface area (Å²) in [5.74, 6) is -1.59. The van der Waals surface area contributed by atoms with Crippen molar-refractivity contribution in [3.05, 3.63) is 66.1 Å². The number of likely N-dealkylation sites (tertiary alicyclic amines) is 2. The van der Waals surface area contributed by atoms with E-state index in [1.54, 1.807) is 36.8 Å². The van der Waals surface area contributed by atoms with Crippen molar-refractivity contribution in [1.29, 1.82) is 0 Å². The number of aromatic nitrogens is 2. The van der Waals surface area contributed by atoms with E-state index in [1.807, 2.05) is 18.2 Å². The maximum Gasteiger partial charge on any atom is 0.289 e. The molecule has 2 aliphatic heterocycles. The smallest absolute Gasteiger partial charge is 0.289 e. The Morgan fingerprint density at radius 3 is 2.66 bits per heavy atom. The summed E-state index contributed by atoms with van der Waals surface area (Å²) in [5.41, 5.74) is 1.79. The number of ether oxygens (including phenoxy) is 1. The van der Waals surface area contributed by atoms with Crippen molar-refractivity contribution >= 4 is 34.4 Å². The number of ketones is 1. The molecule has 0 aliphatic carbocycles. The molecular weight excluding hydrogens is 560 g/mol. The Hall–Kier alpha value is -4.38. The Morgan fingerprint density at radius 2 is 1.86 bits per heavy atom. The molecule has 1 aromatic carbocycles. The van der Waals surface area contributed by atoms with E-state index in [-0.39, 0.29) is 13.1 Å². The molecule has 3 aromatic rings. The van der Waals surface area contributed by atoms with E-state index in [9.17, 15) is 19.2 Å². The van der Waals surface area contributed by atoms with Gasteiger partial charge in [0.15, 0.2) is 0 Å². The molecule has 4 heterocycles. The second-order valence-corrected chi connectivity index (χ2v) is 11.9. The summed E-state index contributed by atoms with van der Waals surface area (Å²) in [5, 5.41) is 5.93.